The summed E-state index contributed by atoms with van der Waals surface area (Å²) in [4.78, 5) is 25.2. The van der Waals surface area contributed by atoms with Crippen LogP contribution in [-0.2, 0) is 15.8 Å². The maximum absolute atomic E-state index is 12.4. The molecule has 0 aliphatic carbocycles. The second-order valence-electron chi connectivity index (χ2n) is 5.30. The smallest absolute Gasteiger partial charge is 0.343 e. The molecule has 1 aliphatic rings. The number of carbonyl (C=O) groups excluding carboxylic acids is 2. The zero-order valence-corrected chi connectivity index (χ0v) is 14.1. The second-order valence-corrected chi connectivity index (χ2v) is 5.30. The van der Waals surface area contributed by atoms with E-state index in [1.807, 2.05) is 0 Å². The van der Waals surface area contributed by atoms with Crippen molar-refractivity contribution in [3.8, 4) is 0 Å². The minimum absolute atomic E-state index is 0. The molecular formula is C16H19ClF3N3O2. The predicted molar refractivity (Wildman–Crippen MR) is 90.2 cm³/mol. The van der Waals surface area contributed by atoms with E-state index in [9.17, 15) is 22.8 Å². The Labute approximate surface area is 149 Å². The van der Waals surface area contributed by atoms with Crippen molar-refractivity contribution in [2.24, 2.45) is 0 Å². The Morgan fingerprint density at radius 1 is 1.16 bits per heavy atom. The zero-order valence-electron chi connectivity index (χ0n) is 13.3. The summed E-state index contributed by atoms with van der Waals surface area (Å²) in [7, 11) is 0. The fourth-order valence-electron chi connectivity index (χ4n) is 2.20. The third-order valence-electron chi connectivity index (χ3n) is 3.55. The Kier molecular flexibility index (Phi) is 7.92. The van der Waals surface area contributed by atoms with Gasteiger partial charge in [-0.2, -0.15) is 13.2 Å². The van der Waals surface area contributed by atoms with Gasteiger partial charge in [0.05, 0.1) is 12.1 Å². The molecule has 2 amide bonds. The summed E-state index contributed by atoms with van der Waals surface area (Å²) in [5.41, 5.74) is -0.280. The molecule has 1 aliphatic heterocycles. The summed E-state index contributed by atoms with van der Waals surface area (Å²) in [6, 6.07) is 4.45. The van der Waals surface area contributed by atoms with Crippen LogP contribution >= 0.6 is 12.4 Å². The van der Waals surface area contributed by atoms with E-state index in [1.54, 1.807) is 4.90 Å². The Morgan fingerprint density at radius 2 is 1.76 bits per heavy atom. The summed E-state index contributed by atoms with van der Waals surface area (Å²) in [6.07, 6.45) is -1.80. The van der Waals surface area contributed by atoms with Crippen molar-refractivity contribution >= 4 is 30.3 Å². The number of halogens is 4. The average molecular weight is 378 g/mol. The van der Waals surface area contributed by atoms with Gasteiger partial charge in [-0.1, -0.05) is 12.1 Å². The number of hydrogen-bond donors (Lipinski definition) is 2. The van der Waals surface area contributed by atoms with Gasteiger partial charge < -0.3 is 15.5 Å². The van der Waals surface area contributed by atoms with Crippen LogP contribution in [0, 0.1) is 0 Å². The third-order valence-corrected chi connectivity index (χ3v) is 3.55. The molecule has 2 N–H and O–H groups in total. The molecule has 0 unspecified atom stereocenters. The number of piperazine rings is 1. The highest BCUT2D eigenvalue weighted by Gasteiger charge is 2.29. The molecular weight excluding hydrogens is 359 g/mol. The second kappa shape index (κ2) is 9.43. The van der Waals surface area contributed by atoms with Crippen molar-refractivity contribution in [3.63, 3.8) is 0 Å². The summed E-state index contributed by atoms with van der Waals surface area (Å²) in [5, 5.41) is 5.59. The fourth-order valence-corrected chi connectivity index (χ4v) is 2.20. The Bertz CT molecular complexity index is 612. The van der Waals surface area contributed by atoms with Gasteiger partial charge in [-0.3, -0.25) is 9.59 Å². The van der Waals surface area contributed by atoms with Crippen LogP contribution in [0.4, 0.5) is 13.2 Å². The highest BCUT2D eigenvalue weighted by molar-refractivity contribution is 5.94. The van der Waals surface area contributed by atoms with E-state index in [2.05, 4.69) is 10.6 Å². The van der Waals surface area contributed by atoms with Gasteiger partial charge in [-0.15, -0.1) is 12.4 Å². The minimum Gasteiger partial charge on any atom is -0.343 e. The lowest BCUT2D eigenvalue weighted by atomic mass is 10.1. The minimum atomic E-state index is -4.38. The molecule has 2 rings (SSSR count). The fraction of sp³-hybridized carbons (Fsp3) is 0.375. The van der Waals surface area contributed by atoms with E-state index in [4.69, 9.17) is 0 Å². The van der Waals surface area contributed by atoms with Crippen molar-refractivity contribution in [2.75, 3.05) is 32.7 Å². The van der Waals surface area contributed by atoms with Crippen molar-refractivity contribution in [1.82, 2.24) is 15.5 Å². The lowest BCUT2D eigenvalue weighted by molar-refractivity contribution is -0.137. The molecule has 1 saturated heterocycles. The Morgan fingerprint density at radius 3 is 2.32 bits per heavy atom. The molecule has 0 radical (unpaired) electrons. The normalized spacial score (nSPS) is 14.9. The van der Waals surface area contributed by atoms with Crippen LogP contribution in [-0.4, -0.2) is 49.4 Å². The van der Waals surface area contributed by atoms with Gasteiger partial charge >= 0.3 is 6.18 Å². The molecule has 0 saturated carbocycles. The first-order valence-electron chi connectivity index (χ1n) is 7.48. The van der Waals surface area contributed by atoms with Crippen LogP contribution < -0.4 is 10.6 Å². The highest BCUT2D eigenvalue weighted by atomic mass is 35.5. The molecule has 0 atom stereocenters. The Hall–Kier alpha value is -2.06. The molecule has 0 bridgehead atoms. The van der Waals surface area contributed by atoms with Crippen LogP contribution in [0.5, 0.6) is 0 Å². The lowest BCUT2D eigenvalue weighted by Gasteiger charge is -2.27. The summed E-state index contributed by atoms with van der Waals surface area (Å²) < 4.78 is 37.3. The monoisotopic (exact) mass is 377 g/mol. The Balaban J connectivity index is 0.00000312. The van der Waals surface area contributed by atoms with Crippen LogP contribution in [0.1, 0.15) is 11.1 Å². The van der Waals surface area contributed by atoms with Crippen LogP contribution in [0.2, 0.25) is 0 Å². The zero-order chi connectivity index (χ0) is 17.6. The molecule has 1 aromatic carbocycles. The van der Waals surface area contributed by atoms with Crippen molar-refractivity contribution in [2.45, 2.75) is 6.18 Å². The summed E-state index contributed by atoms with van der Waals surface area (Å²) in [6.45, 7) is 2.57. The summed E-state index contributed by atoms with van der Waals surface area (Å²) in [5.74, 6) is -0.633. The van der Waals surface area contributed by atoms with Crippen LogP contribution in [0.25, 0.3) is 6.08 Å². The first kappa shape index (κ1) is 21.0. The number of hydrogen-bond acceptors (Lipinski definition) is 3. The van der Waals surface area contributed by atoms with Gasteiger partial charge in [0.2, 0.25) is 11.8 Å². The average Bonchev–Trinajstić information content (AvgIpc) is 2.58. The topological polar surface area (TPSA) is 61.4 Å². The SMILES string of the molecule is Cl.O=C(/C=C/c1ccc(C(F)(F)F)cc1)NCC(=O)N1CCNCC1. The maximum Gasteiger partial charge on any atom is 0.416 e. The molecule has 1 aromatic rings. The number of alkyl halides is 3. The van der Waals surface area contributed by atoms with Crippen molar-refractivity contribution < 1.29 is 22.8 Å². The number of carbonyl (C=O) groups is 2. The van der Waals surface area contributed by atoms with Gasteiger partial charge in [0.25, 0.3) is 0 Å². The van der Waals surface area contributed by atoms with E-state index < -0.39 is 17.6 Å². The first-order chi connectivity index (χ1) is 11.4. The molecule has 1 fully saturated rings. The predicted octanol–water partition coefficient (Wildman–Crippen LogP) is 1.69. The standard InChI is InChI=1S/C16H18F3N3O2.ClH/c17-16(18,19)13-4-1-12(2-5-13)3-6-14(23)21-11-15(24)22-9-7-20-8-10-22;/h1-6,20H,7-11H2,(H,21,23);1H/b6-3+;. The van der Waals surface area contributed by atoms with Gasteiger partial charge in [0.15, 0.2) is 0 Å². The maximum atomic E-state index is 12.4. The molecule has 0 aromatic heterocycles. The van der Waals surface area contributed by atoms with E-state index in [0.29, 0.717) is 18.7 Å². The van der Waals surface area contributed by atoms with E-state index >= 15 is 0 Å². The summed E-state index contributed by atoms with van der Waals surface area (Å²) >= 11 is 0. The largest absolute Gasteiger partial charge is 0.416 e. The lowest BCUT2D eigenvalue weighted by Crippen LogP contribution is -2.49. The number of nitrogens with one attached hydrogen (secondary N) is 2. The molecule has 9 heteroatoms. The quantitative estimate of drug-likeness (QED) is 0.785. The number of nitrogens with zero attached hydrogens (tertiary/aromatic N) is 1. The molecule has 0 spiro atoms. The van der Waals surface area contributed by atoms with Gasteiger partial charge in [0.1, 0.15) is 0 Å². The van der Waals surface area contributed by atoms with E-state index in [1.165, 1.54) is 24.3 Å². The number of amides is 2. The molecule has 25 heavy (non-hydrogen) atoms. The van der Waals surface area contributed by atoms with Crippen LogP contribution in [0.15, 0.2) is 30.3 Å². The van der Waals surface area contributed by atoms with E-state index in [0.717, 1.165) is 25.2 Å². The number of rotatable bonds is 4. The van der Waals surface area contributed by atoms with Gasteiger partial charge in [-0.05, 0) is 23.8 Å². The van der Waals surface area contributed by atoms with Crippen LogP contribution in [0.3, 0.4) is 0 Å². The number of benzene rings is 1. The highest BCUT2D eigenvalue weighted by Crippen LogP contribution is 2.29. The first-order valence-corrected chi connectivity index (χ1v) is 7.48. The molecule has 5 nitrogen and oxygen atoms in total. The van der Waals surface area contributed by atoms with Gasteiger partial charge in [0, 0.05) is 32.3 Å². The van der Waals surface area contributed by atoms with Gasteiger partial charge in [-0.25, -0.2) is 0 Å². The van der Waals surface area contributed by atoms with E-state index in [-0.39, 0.29) is 24.9 Å². The van der Waals surface area contributed by atoms with Crippen molar-refractivity contribution in [3.05, 3.63) is 41.5 Å². The molecule has 138 valence electrons. The van der Waals surface area contributed by atoms with Crippen molar-refractivity contribution in [1.29, 1.82) is 0 Å². The third kappa shape index (κ3) is 6.75. The molecule has 1 heterocycles.